The van der Waals surface area contributed by atoms with E-state index >= 15 is 0 Å². The lowest BCUT2D eigenvalue weighted by atomic mass is 9.67. The number of nitriles is 1. The number of carbonyl (C=O) groups excluding carboxylic acids is 2. The molecule has 2 unspecified atom stereocenters. The van der Waals surface area contributed by atoms with Crippen molar-refractivity contribution in [1.29, 1.82) is 5.26 Å². The van der Waals surface area contributed by atoms with Gasteiger partial charge in [0.15, 0.2) is 0 Å². The van der Waals surface area contributed by atoms with Gasteiger partial charge < -0.3 is 20.7 Å². The second-order valence-electron chi connectivity index (χ2n) is 10.1. The van der Waals surface area contributed by atoms with Crippen LogP contribution in [0.3, 0.4) is 0 Å². The second-order valence-corrected chi connectivity index (χ2v) is 10.5. The van der Waals surface area contributed by atoms with E-state index in [0.29, 0.717) is 36.6 Å². The van der Waals surface area contributed by atoms with Crippen LogP contribution in [0.1, 0.15) is 56.9 Å². The predicted molar refractivity (Wildman–Crippen MR) is 128 cm³/mol. The first kappa shape index (κ1) is 23.2. The molecule has 4 N–H and O–H groups in total. The van der Waals surface area contributed by atoms with Crippen LogP contribution in [0.15, 0.2) is 24.3 Å². The van der Waals surface area contributed by atoms with Gasteiger partial charge in [-0.25, -0.2) is 0 Å². The van der Waals surface area contributed by atoms with Gasteiger partial charge in [0.1, 0.15) is 12.3 Å². The molecular formula is C25H30ClN5O3. The Balaban J connectivity index is 1.34. The molecule has 2 aromatic rings. The van der Waals surface area contributed by atoms with Gasteiger partial charge >= 0.3 is 0 Å². The number of amides is 2. The molecular weight excluding hydrogens is 454 g/mol. The number of piperidine rings is 1. The topological polar surface area (TPSA) is 121 Å². The number of hydrogen-bond donors (Lipinski definition) is 4. The Kier molecular flexibility index (Phi) is 6.28. The van der Waals surface area contributed by atoms with Crippen molar-refractivity contribution in [1.82, 2.24) is 20.5 Å². The number of carbonyl (C=O) groups is 2. The van der Waals surface area contributed by atoms with Crippen molar-refractivity contribution in [3.8, 4) is 6.07 Å². The molecule has 4 atom stereocenters. The van der Waals surface area contributed by atoms with Crippen molar-refractivity contribution in [3.05, 3.63) is 35.0 Å². The van der Waals surface area contributed by atoms with E-state index in [1.807, 2.05) is 23.1 Å². The molecule has 1 aliphatic carbocycles. The number of halogens is 1. The summed E-state index contributed by atoms with van der Waals surface area (Å²) in [6, 6.07) is 8.31. The smallest absolute Gasteiger partial charge is 0.238 e. The van der Waals surface area contributed by atoms with Crippen LogP contribution in [0, 0.1) is 22.7 Å². The fourth-order valence-electron chi connectivity index (χ4n) is 5.84. The number of fused-ring (bicyclic) bond motifs is 1. The highest BCUT2D eigenvalue weighted by molar-refractivity contribution is 6.35. The highest BCUT2D eigenvalue weighted by Gasteiger charge is 2.52. The van der Waals surface area contributed by atoms with Crippen LogP contribution in [0.5, 0.6) is 0 Å². The fourth-order valence-corrected chi connectivity index (χ4v) is 6.07. The zero-order chi connectivity index (χ0) is 23.9. The normalized spacial score (nSPS) is 26.0. The Morgan fingerprint density at radius 3 is 2.88 bits per heavy atom. The zero-order valence-electron chi connectivity index (χ0n) is 19.0. The number of aliphatic hydroxyl groups is 1. The maximum atomic E-state index is 13.4. The van der Waals surface area contributed by atoms with Gasteiger partial charge in [-0.15, -0.1) is 0 Å². The standard InChI is InChI=1S/C25H30ClN5O3/c26-18-6-1-4-15-11-19(30-21(15)18)24(34)31-14-25(7-3-8-25)12-20(31)23(33)29-17(13-27)10-16-5-2-9-28-22(16)32/h1,4,6,11,16-17,20,24,30,34H,2-3,5,7-10,12,14H2,(H,28,32)(H,29,33)/t16-,17-,20?,24?/m0/s1. The lowest BCUT2D eigenvalue weighted by Crippen LogP contribution is -2.49. The largest absolute Gasteiger partial charge is 0.372 e. The molecule has 1 aromatic heterocycles. The Bertz CT molecular complexity index is 1140. The van der Waals surface area contributed by atoms with Crippen molar-refractivity contribution < 1.29 is 14.7 Å². The van der Waals surface area contributed by atoms with Gasteiger partial charge in [-0.1, -0.05) is 30.2 Å². The van der Waals surface area contributed by atoms with Gasteiger partial charge in [-0.05, 0) is 56.1 Å². The van der Waals surface area contributed by atoms with Crippen LogP contribution >= 0.6 is 11.6 Å². The highest BCUT2D eigenvalue weighted by atomic mass is 35.5. The van der Waals surface area contributed by atoms with Crippen LogP contribution in [-0.2, 0) is 9.59 Å². The minimum Gasteiger partial charge on any atom is -0.372 e. The molecule has 5 rings (SSSR count). The number of aromatic nitrogens is 1. The Labute approximate surface area is 203 Å². The summed E-state index contributed by atoms with van der Waals surface area (Å²) in [4.78, 5) is 30.6. The number of likely N-dealkylation sites (tertiary alicyclic amines) is 1. The Morgan fingerprint density at radius 2 is 2.21 bits per heavy atom. The molecule has 2 aliphatic heterocycles. The predicted octanol–water partition coefficient (Wildman–Crippen LogP) is 2.98. The number of rotatable bonds is 6. The van der Waals surface area contributed by atoms with E-state index < -0.39 is 18.3 Å². The fraction of sp³-hybridized carbons (Fsp3) is 0.560. The van der Waals surface area contributed by atoms with Crippen molar-refractivity contribution >= 4 is 34.3 Å². The monoisotopic (exact) mass is 483 g/mol. The summed E-state index contributed by atoms with van der Waals surface area (Å²) < 4.78 is 0. The number of nitrogens with zero attached hydrogens (tertiary/aromatic N) is 2. The highest BCUT2D eigenvalue weighted by Crippen LogP contribution is 2.52. The zero-order valence-corrected chi connectivity index (χ0v) is 19.8. The summed E-state index contributed by atoms with van der Waals surface area (Å²) in [7, 11) is 0. The third-order valence-corrected chi connectivity index (χ3v) is 8.19. The number of aromatic amines is 1. The van der Waals surface area contributed by atoms with Crippen LogP contribution in [-0.4, -0.2) is 52.0 Å². The molecule has 3 aliphatic rings. The van der Waals surface area contributed by atoms with Crippen LogP contribution in [0.2, 0.25) is 5.02 Å². The molecule has 1 spiro atoms. The van der Waals surface area contributed by atoms with E-state index in [2.05, 4.69) is 21.7 Å². The first-order valence-corrected chi connectivity index (χ1v) is 12.5. The molecule has 3 heterocycles. The molecule has 180 valence electrons. The minimum atomic E-state index is -0.996. The summed E-state index contributed by atoms with van der Waals surface area (Å²) in [5.41, 5.74) is 1.37. The van der Waals surface area contributed by atoms with Crippen LogP contribution in [0.25, 0.3) is 10.9 Å². The van der Waals surface area contributed by atoms with Crippen molar-refractivity contribution in [2.24, 2.45) is 11.3 Å². The molecule has 1 saturated carbocycles. The molecule has 2 saturated heterocycles. The average Bonchev–Trinajstić information content (AvgIpc) is 3.43. The lowest BCUT2D eigenvalue weighted by molar-refractivity contribution is -0.131. The maximum Gasteiger partial charge on any atom is 0.238 e. The number of H-pyrrole nitrogens is 1. The molecule has 0 bridgehead atoms. The van der Waals surface area contributed by atoms with E-state index in [0.717, 1.165) is 43.0 Å². The van der Waals surface area contributed by atoms with Crippen molar-refractivity contribution in [3.63, 3.8) is 0 Å². The molecule has 2 amide bonds. The van der Waals surface area contributed by atoms with Crippen molar-refractivity contribution in [2.45, 2.75) is 63.3 Å². The molecule has 1 aromatic carbocycles. The quantitative estimate of drug-likeness (QED) is 0.503. The SMILES string of the molecule is N#C[C@H](C[C@@H]1CCCNC1=O)NC(=O)C1CC2(CCC2)CN1C(O)c1cc2cccc(Cl)c2[nH]1. The summed E-state index contributed by atoms with van der Waals surface area (Å²) >= 11 is 6.30. The van der Waals surface area contributed by atoms with Gasteiger partial charge in [-0.3, -0.25) is 14.5 Å². The van der Waals surface area contributed by atoms with E-state index in [1.165, 1.54) is 0 Å². The second kappa shape index (κ2) is 9.21. The Hall–Kier alpha value is -2.60. The van der Waals surface area contributed by atoms with Crippen LogP contribution in [0.4, 0.5) is 0 Å². The molecule has 9 heteroatoms. The maximum absolute atomic E-state index is 13.4. The van der Waals surface area contributed by atoms with E-state index in [1.54, 1.807) is 6.07 Å². The summed E-state index contributed by atoms with van der Waals surface area (Å²) in [6.07, 6.45) is 4.74. The Morgan fingerprint density at radius 1 is 1.38 bits per heavy atom. The third-order valence-electron chi connectivity index (χ3n) is 7.87. The number of nitrogens with one attached hydrogen (secondary N) is 3. The van der Waals surface area contributed by atoms with Gasteiger partial charge in [0.2, 0.25) is 11.8 Å². The number of hydrogen-bond acceptors (Lipinski definition) is 5. The summed E-state index contributed by atoms with van der Waals surface area (Å²) in [6.45, 7) is 1.28. The third kappa shape index (κ3) is 4.28. The first-order valence-electron chi connectivity index (χ1n) is 12.1. The van der Waals surface area contributed by atoms with Crippen molar-refractivity contribution in [2.75, 3.05) is 13.1 Å². The van der Waals surface area contributed by atoms with Crippen LogP contribution < -0.4 is 10.6 Å². The molecule has 0 radical (unpaired) electrons. The summed E-state index contributed by atoms with van der Waals surface area (Å²) in [5.74, 6) is -0.581. The average molecular weight is 484 g/mol. The number of benzene rings is 1. The van der Waals surface area contributed by atoms with Gasteiger partial charge in [0, 0.05) is 24.4 Å². The van der Waals surface area contributed by atoms with E-state index in [-0.39, 0.29) is 23.1 Å². The molecule has 8 nitrogen and oxygen atoms in total. The first-order chi connectivity index (χ1) is 16.4. The van der Waals surface area contributed by atoms with E-state index in [4.69, 9.17) is 11.6 Å². The molecule has 3 fully saturated rings. The number of para-hydroxylation sites is 1. The van der Waals surface area contributed by atoms with Gasteiger partial charge in [0.25, 0.3) is 0 Å². The summed E-state index contributed by atoms with van der Waals surface area (Å²) in [5, 5.41) is 28.2. The minimum absolute atomic E-state index is 0.0258. The van der Waals surface area contributed by atoms with Gasteiger partial charge in [-0.2, -0.15) is 5.26 Å². The lowest BCUT2D eigenvalue weighted by Gasteiger charge is -2.38. The number of aliphatic hydroxyl groups excluding tert-OH is 1. The van der Waals surface area contributed by atoms with E-state index in [9.17, 15) is 20.0 Å². The van der Waals surface area contributed by atoms with Gasteiger partial charge in [0.05, 0.1) is 28.3 Å². The molecule has 34 heavy (non-hydrogen) atoms.